The summed E-state index contributed by atoms with van der Waals surface area (Å²) in [6.07, 6.45) is 6.25. The van der Waals surface area contributed by atoms with Gasteiger partial charge in [0.15, 0.2) is 5.78 Å². The van der Waals surface area contributed by atoms with Gasteiger partial charge in [0.1, 0.15) is 0 Å². The van der Waals surface area contributed by atoms with Crippen molar-refractivity contribution in [3.8, 4) is 0 Å². The Labute approximate surface area is 105 Å². The summed E-state index contributed by atoms with van der Waals surface area (Å²) >= 11 is 0. The molecule has 0 fully saturated rings. The lowest BCUT2D eigenvalue weighted by molar-refractivity contribution is -0.118. The van der Waals surface area contributed by atoms with Crippen molar-refractivity contribution in [2.75, 3.05) is 0 Å². The number of hydrogen-bond acceptors (Lipinski definition) is 2. The fourth-order valence-electron chi connectivity index (χ4n) is 1.79. The van der Waals surface area contributed by atoms with Crippen LogP contribution >= 0.6 is 0 Å². The highest BCUT2D eigenvalue weighted by atomic mass is 16.1. The number of hydrogen-bond donors (Lipinski definition) is 1. The molecule has 96 valence electrons. The van der Waals surface area contributed by atoms with Crippen LogP contribution in [0.5, 0.6) is 0 Å². The number of nitrogens with one attached hydrogen (secondary N) is 1. The van der Waals surface area contributed by atoms with E-state index in [1.54, 1.807) is 0 Å². The first kappa shape index (κ1) is 15.8. The zero-order valence-corrected chi connectivity index (χ0v) is 11.5. The topological polar surface area (TPSA) is 40.9 Å². The van der Waals surface area contributed by atoms with Gasteiger partial charge in [-0.1, -0.05) is 46.8 Å². The molecule has 0 aromatic rings. The van der Waals surface area contributed by atoms with E-state index in [0.29, 0.717) is 5.71 Å². The average molecular weight is 235 g/mol. The van der Waals surface area contributed by atoms with Crippen LogP contribution < -0.4 is 0 Å². The number of carbonyl (C=O) groups is 1. The van der Waals surface area contributed by atoms with Gasteiger partial charge in [0, 0.05) is 11.6 Å². The molecule has 0 heterocycles. The first-order valence-electron chi connectivity index (χ1n) is 6.43. The lowest BCUT2D eigenvalue weighted by atomic mass is 9.82. The fraction of sp³-hybridized carbons (Fsp3) is 0.600. The average Bonchev–Trinajstić information content (AvgIpc) is 2.36. The second kappa shape index (κ2) is 7.99. The largest absolute Gasteiger partial charge is 0.305 e. The van der Waals surface area contributed by atoms with Crippen LogP contribution in [0.2, 0.25) is 0 Å². The molecule has 0 bridgehead atoms. The lowest BCUT2D eigenvalue weighted by Crippen LogP contribution is -2.22. The minimum atomic E-state index is -0.0949. The Morgan fingerprint density at radius 3 is 2.29 bits per heavy atom. The van der Waals surface area contributed by atoms with Gasteiger partial charge in [-0.2, -0.15) is 0 Å². The van der Waals surface area contributed by atoms with E-state index in [0.717, 1.165) is 24.8 Å². The van der Waals surface area contributed by atoms with Crippen molar-refractivity contribution in [1.29, 1.82) is 5.41 Å². The van der Waals surface area contributed by atoms with E-state index in [2.05, 4.69) is 19.6 Å². The molecule has 2 heteroatoms. The number of rotatable bonds is 8. The van der Waals surface area contributed by atoms with E-state index in [9.17, 15) is 4.79 Å². The summed E-state index contributed by atoms with van der Waals surface area (Å²) in [7, 11) is 0. The Kier molecular flexibility index (Phi) is 7.44. The molecular formula is C15H25NO. The maximum Gasteiger partial charge on any atom is 0.158 e. The van der Waals surface area contributed by atoms with E-state index >= 15 is 0 Å². The predicted molar refractivity (Wildman–Crippen MR) is 74.5 cm³/mol. The smallest absolute Gasteiger partial charge is 0.158 e. The Balaban J connectivity index is 4.98. The van der Waals surface area contributed by atoms with Gasteiger partial charge in [-0.3, -0.25) is 4.79 Å². The zero-order chi connectivity index (χ0) is 13.4. The van der Waals surface area contributed by atoms with Crippen molar-refractivity contribution >= 4 is 11.5 Å². The van der Waals surface area contributed by atoms with E-state index in [1.807, 2.05) is 20.8 Å². The van der Waals surface area contributed by atoms with E-state index in [1.165, 1.54) is 6.08 Å². The Bertz CT molecular complexity index is 315. The van der Waals surface area contributed by atoms with Crippen LogP contribution in [0.4, 0.5) is 0 Å². The molecule has 17 heavy (non-hydrogen) atoms. The summed E-state index contributed by atoms with van der Waals surface area (Å²) in [5.74, 6) is 0.0609. The third kappa shape index (κ3) is 4.68. The first-order valence-corrected chi connectivity index (χ1v) is 6.43. The standard InChI is InChI=1S/C15H25NO/c1-6-9-10-13(14(16)7-2)11(4)12(5)15(17)8-3/h8,10-12,16H,3,6-7,9H2,1-2,4-5H3. The van der Waals surface area contributed by atoms with Crippen LogP contribution in [-0.2, 0) is 4.79 Å². The summed E-state index contributed by atoms with van der Waals surface area (Å²) < 4.78 is 0. The van der Waals surface area contributed by atoms with Crippen LogP contribution in [0.3, 0.4) is 0 Å². The number of allylic oxidation sites excluding steroid dienone is 3. The summed E-state index contributed by atoms with van der Waals surface area (Å²) in [5.41, 5.74) is 1.67. The van der Waals surface area contributed by atoms with Gasteiger partial charge in [-0.25, -0.2) is 0 Å². The van der Waals surface area contributed by atoms with Gasteiger partial charge in [0.2, 0.25) is 0 Å². The van der Waals surface area contributed by atoms with Gasteiger partial charge in [0.05, 0.1) is 0 Å². The molecule has 0 aliphatic rings. The molecule has 0 rings (SSSR count). The minimum Gasteiger partial charge on any atom is -0.305 e. The Morgan fingerprint density at radius 2 is 1.88 bits per heavy atom. The minimum absolute atomic E-state index is 0.0591. The van der Waals surface area contributed by atoms with Gasteiger partial charge in [0.25, 0.3) is 0 Å². The number of ketones is 1. The molecule has 0 aliphatic heterocycles. The first-order chi connectivity index (χ1) is 7.99. The number of unbranched alkanes of at least 4 members (excludes halogenated alkanes) is 1. The maximum atomic E-state index is 11.6. The zero-order valence-electron chi connectivity index (χ0n) is 11.5. The monoisotopic (exact) mass is 235 g/mol. The summed E-state index contributed by atoms with van der Waals surface area (Å²) in [5, 5.41) is 7.99. The summed E-state index contributed by atoms with van der Waals surface area (Å²) in [6, 6.07) is 0. The van der Waals surface area contributed by atoms with Gasteiger partial charge >= 0.3 is 0 Å². The highest BCUT2D eigenvalue weighted by Crippen LogP contribution is 2.24. The quantitative estimate of drug-likeness (QED) is 0.498. The van der Waals surface area contributed by atoms with Crippen LogP contribution in [-0.4, -0.2) is 11.5 Å². The van der Waals surface area contributed by atoms with Crippen LogP contribution in [0.1, 0.15) is 47.0 Å². The van der Waals surface area contributed by atoms with Gasteiger partial charge < -0.3 is 5.41 Å². The molecule has 2 unspecified atom stereocenters. The van der Waals surface area contributed by atoms with E-state index in [4.69, 9.17) is 5.41 Å². The molecule has 0 saturated carbocycles. The SMILES string of the molecule is C=CC(=O)C(C)C(C)C(=CCCC)C(=N)CC. The van der Waals surface area contributed by atoms with Crippen molar-refractivity contribution in [2.24, 2.45) is 11.8 Å². The highest BCUT2D eigenvalue weighted by molar-refractivity contribution is 5.99. The second-order valence-electron chi connectivity index (χ2n) is 4.46. The van der Waals surface area contributed by atoms with Crippen LogP contribution in [0.15, 0.2) is 24.3 Å². The summed E-state index contributed by atoms with van der Waals surface area (Å²) in [6.45, 7) is 11.6. The summed E-state index contributed by atoms with van der Waals surface area (Å²) in [4.78, 5) is 11.6. The lowest BCUT2D eigenvalue weighted by Gasteiger charge is -2.21. The Hall–Kier alpha value is -1.18. The van der Waals surface area contributed by atoms with Crippen molar-refractivity contribution in [3.63, 3.8) is 0 Å². The molecular weight excluding hydrogens is 210 g/mol. The Morgan fingerprint density at radius 1 is 1.29 bits per heavy atom. The van der Waals surface area contributed by atoms with Crippen LogP contribution in [0.25, 0.3) is 0 Å². The predicted octanol–water partition coefficient (Wildman–Crippen LogP) is 4.17. The van der Waals surface area contributed by atoms with Gasteiger partial charge in [-0.05, 0) is 30.4 Å². The van der Waals surface area contributed by atoms with Crippen molar-refractivity contribution < 1.29 is 4.79 Å². The van der Waals surface area contributed by atoms with Gasteiger partial charge in [-0.15, -0.1) is 0 Å². The molecule has 2 atom stereocenters. The second-order valence-corrected chi connectivity index (χ2v) is 4.46. The van der Waals surface area contributed by atoms with Crippen molar-refractivity contribution in [3.05, 3.63) is 24.3 Å². The molecule has 0 spiro atoms. The molecule has 0 amide bonds. The third-order valence-electron chi connectivity index (χ3n) is 3.25. The molecule has 0 aliphatic carbocycles. The molecule has 0 aromatic carbocycles. The molecule has 0 radical (unpaired) electrons. The molecule has 2 nitrogen and oxygen atoms in total. The van der Waals surface area contributed by atoms with E-state index in [-0.39, 0.29) is 17.6 Å². The molecule has 0 saturated heterocycles. The number of carbonyl (C=O) groups excluding carboxylic acids is 1. The maximum absolute atomic E-state index is 11.6. The van der Waals surface area contributed by atoms with Crippen molar-refractivity contribution in [2.45, 2.75) is 47.0 Å². The third-order valence-corrected chi connectivity index (χ3v) is 3.25. The van der Waals surface area contributed by atoms with Crippen LogP contribution in [0, 0.1) is 17.2 Å². The highest BCUT2D eigenvalue weighted by Gasteiger charge is 2.22. The van der Waals surface area contributed by atoms with E-state index < -0.39 is 0 Å². The van der Waals surface area contributed by atoms with Crippen molar-refractivity contribution in [1.82, 2.24) is 0 Å². The molecule has 1 N–H and O–H groups in total. The fourth-order valence-corrected chi connectivity index (χ4v) is 1.79. The normalized spacial score (nSPS) is 15.2. The molecule has 0 aromatic heterocycles.